The standard InChI is InChI=1S/C14H21N3/c15-11-13-7-4-9-16-14(13)17-10-8-12-5-2-1-3-6-12/h4-5,7,9H,1-3,6,8,10-11,15H2,(H,16,17). The van der Waals surface area contributed by atoms with Gasteiger partial charge in [0.25, 0.3) is 0 Å². The molecule has 0 fully saturated rings. The number of nitrogens with one attached hydrogen (secondary N) is 1. The van der Waals surface area contributed by atoms with Crippen LogP contribution in [0.5, 0.6) is 0 Å². The molecule has 1 aliphatic rings. The Kier molecular flexibility index (Phi) is 4.56. The Labute approximate surface area is 103 Å². The zero-order valence-electron chi connectivity index (χ0n) is 10.3. The van der Waals surface area contributed by atoms with Gasteiger partial charge < -0.3 is 11.1 Å². The lowest BCUT2D eigenvalue weighted by atomic mass is 9.97. The van der Waals surface area contributed by atoms with Crippen LogP contribution in [0.15, 0.2) is 30.0 Å². The maximum atomic E-state index is 5.67. The molecule has 3 heteroatoms. The lowest BCUT2D eigenvalue weighted by molar-refractivity contribution is 0.679. The fourth-order valence-electron chi connectivity index (χ4n) is 2.24. The summed E-state index contributed by atoms with van der Waals surface area (Å²) in [4.78, 5) is 4.32. The van der Waals surface area contributed by atoms with Gasteiger partial charge in [0, 0.05) is 24.8 Å². The first-order valence-electron chi connectivity index (χ1n) is 6.46. The van der Waals surface area contributed by atoms with Crippen molar-refractivity contribution in [3.8, 4) is 0 Å². The molecule has 1 aromatic heterocycles. The van der Waals surface area contributed by atoms with Crippen LogP contribution in [0.3, 0.4) is 0 Å². The van der Waals surface area contributed by atoms with Crippen molar-refractivity contribution in [3.63, 3.8) is 0 Å². The second kappa shape index (κ2) is 6.40. The van der Waals surface area contributed by atoms with Gasteiger partial charge in [-0.1, -0.05) is 17.7 Å². The van der Waals surface area contributed by atoms with E-state index in [1.165, 1.54) is 25.7 Å². The average Bonchev–Trinajstić information content (AvgIpc) is 2.40. The van der Waals surface area contributed by atoms with E-state index < -0.39 is 0 Å². The van der Waals surface area contributed by atoms with Gasteiger partial charge in [-0.15, -0.1) is 0 Å². The smallest absolute Gasteiger partial charge is 0.130 e. The van der Waals surface area contributed by atoms with E-state index in [-0.39, 0.29) is 0 Å². The summed E-state index contributed by atoms with van der Waals surface area (Å²) in [6, 6.07) is 3.95. The Morgan fingerprint density at radius 1 is 1.35 bits per heavy atom. The highest BCUT2D eigenvalue weighted by atomic mass is 15.0. The highest BCUT2D eigenvalue weighted by Gasteiger charge is 2.04. The minimum Gasteiger partial charge on any atom is -0.369 e. The van der Waals surface area contributed by atoms with E-state index in [0.717, 1.165) is 24.3 Å². The van der Waals surface area contributed by atoms with E-state index in [2.05, 4.69) is 16.4 Å². The van der Waals surface area contributed by atoms with Crippen molar-refractivity contribution in [2.24, 2.45) is 5.73 Å². The molecule has 0 aliphatic heterocycles. The van der Waals surface area contributed by atoms with Crippen molar-refractivity contribution in [1.82, 2.24) is 4.98 Å². The van der Waals surface area contributed by atoms with Gasteiger partial charge in [-0.25, -0.2) is 4.98 Å². The van der Waals surface area contributed by atoms with Crippen LogP contribution < -0.4 is 11.1 Å². The second-order valence-corrected chi connectivity index (χ2v) is 4.50. The summed E-state index contributed by atoms with van der Waals surface area (Å²) < 4.78 is 0. The minimum atomic E-state index is 0.541. The van der Waals surface area contributed by atoms with E-state index in [9.17, 15) is 0 Å². The molecular weight excluding hydrogens is 210 g/mol. The third kappa shape index (κ3) is 3.56. The Morgan fingerprint density at radius 2 is 2.29 bits per heavy atom. The fourth-order valence-corrected chi connectivity index (χ4v) is 2.24. The summed E-state index contributed by atoms with van der Waals surface area (Å²) in [7, 11) is 0. The predicted molar refractivity (Wildman–Crippen MR) is 71.8 cm³/mol. The number of anilines is 1. The summed E-state index contributed by atoms with van der Waals surface area (Å²) in [5.74, 6) is 0.936. The molecule has 3 N–H and O–H groups in total. The minimum absolute atomic E-state index is 0.541. The zero-order valence-corrected chi connectivity index (χ0v) is 10.3. The molecule has 0 amide bonds. The van der Waals surface area contributed by atoms with Crippen LogP contribution in [-0.4, -0.2) is 11.5 Å². The van der Waals surface area contributed by atoms with Crippen molar-refractivity contribution in [1.29, 1.82) is 0 Å². The third-order valence-corrected chi connectivity index (χ3v) is 3.23. The van der Waals surface area contributed by atoms with Crippen molar-refractivity contribution >= 4 is 5.82 Å². The monoisotopic (exact) mass is 231 g/mol. The van der Waals surface area contributed by atoms with Crippen LogP contribution in [-0.2, 0) is 6.54 Å². The Balaban J connectivity index is 1.83. The second-order valence-electron chi connectivity index (χ2n) is 4.50. The molecule has 0 unspecified atom stereocenters. The Bertz CT molecular complexity index is 385. The highest BCUT2D eigenvalue weighted by molar-refractivity contribution is 5.43. The van der Waals surface area contributed by atoms with Crippen molar-refractivity contribution < 1.29 is 0 Å². The number of hydrogen-bond donors (Lipinski definition) is 2. The molecule has 1 heterocycles. The molecule has 0 atom stereocenters. The van der Waals surface area contributed by atoms with E-state index in [4.69, 9.17) is 5.73 Å². The van der Waals surface area contributed by atoms with E-state index in [1.807, 2.05) is 12.1 Å². The van der Waals surface area contributed by atoms with Crippen molar-refractivity contribution in [3.05, 3.63) is 35.5 Å². The maximum absolute atomic E-state index is 5.67. The molecular formula is C14H21N3. The maximum Gasteiger partial charge on any atom is 0.130 e. The Hall–Kier alpha value is -1.35. The predicted octanol–water partition coefficient (Wildman–Crippen LogP) is 2.84. The normalized spacial score (nSPS) is 15.5. The first-order valence-corrected chi connectivity index (χ1v) is 6.46. The van der Waals surface area contributed by atoms with E-state index in [0.29, 0.717) is 6.54 Å². The van der Waals surface area contributed by atoms with Gasteiger partial charge in [-0.05, 0) is 38.2 Å². The van der Waals surface area contributed by atoms with Crippen LogP contribution in [0.4, 0.5) is 5.82 Å². The SMILES string of the molecule is NCc1cccnc1NCCC1=CCCCC1. The van der Waals surface area contributed by atoms with Gasteiger partial charge in [-0.2, -0.15) is 0 Å². The zero-order chi connectivity index (χ0) is 11.9. The highest BCUT2D eigenvalue weighted by Crippen LogP contribution is 2.20. The largest absolute Gasteiger partial charge is 0.369 e. The molecule has 0 saturated carbocycles. The van der Waals surface area contributed by atoms with Crippen LogP contribution in [0.1, 0.15) is 37.7 Å². The average molecular weight is 231 g/mol. The van der Waals surface area contributed by atoms with Gasteiger partial charge >= 0.3 is 0 Å². The number of nitrogens with two attached hydrogens (primary N) is 1. The lowest BCUT2D eigenvalue weighted by Crippen LogP contribution is -2.09. The summed E-state index contributed by atoms with van der Waals surface area (Å²) in [6.07, 6.45) is 10.6. The van der Waals surface area contributed by atoms with Gasteiger partial charge in [0.05, 0.1) is 0 Å². The molecule has 0 spiro atoms. The molecule has 0 radical (unpaired) electrons. The van der Waals surface area contributed by atoms with Crippen molar-refractivity contribution in [2.45, 2.75) is 38.6 Å². The number of hydrogen-bond acceptors (Lipinski definition) is 3. The van der Waals surface area contributed by atoms with Crippen molar-refractivity contribution in [2.75, 3.05) is 11.9 Å². The first kappa shape index (κ1) is 12.1. The Morgan fingerprint density at radius 3 is 3.06 bits per heavy atom. The molecule has 92 valence electrons. The van der Waals surface area contributed by atoms with Gasteiger partial charge in [-0.3, -0.25) is 0 Å². The molecule has 0 bridgehead atoms. The molecule has 1 aromatic rings. The number of nitrogens with zero attached hydrogens (tertiary/aromatic N) is 1. The van der Waals surface area contributed by atoms with E-state index in [1.54, 1.807) is 11.8 Å². The van der Waals surface area contributed by atoms with Gasteiger partial charge in [0.2, 0.25) is 0 Å². The molecule has 3 nitrogen and oxygen atoms in total. The number of aromatic nitrogens is 1. The van der Waals surface area contributed by atoms with Crippen LogP contribution >= 0.6 is 0 Å². The number of rotatable bonds is 5. The summed E-state index contributed by atoms with van der Waals surface area (Å²) in [5, 5.41) is 3.38. The molecule has 0 aromatic carbocycles. The van der Waals surface area contributed by atoms with Gasteiger partial charge in [0.1, 0.15) is 5.82 Å². The van der Waals surface area contributed by atoms with E-state index >= 15 is 0 Å². The summed E-state index contributed by atoms with van der Waals surface area (Å²) >= 11 is 0. The number of pyridine rings is 1. The molecule has 0 saturated heterocycles. The quantitative estimate of drug-likeness (QED) is 0.766. The third-order valence-electron chi connectivity index (χ3n) is 3.23. The van der Waals surface area contributed by atoms with Gasteiger partial charge in [0.15, 0.2) is 0 Å². The first-order chi connectivity index (χ1) is 8.40. The molecule has 1 aliphatic carbocycles. The fraction of sp³-hybridized carbons (Fsp3) is 0.500. The van der Waals surface area contributed by atoms with Crippen LogP contribution in [0.2, 0.25) is 0 Å². The van der Waals surface area contributed by atoms with Crippen LogP contribution in [0.25, 0.3) is 0 Å². The summed E-state index contributed by atoms with van der Waals surface area (Å²) in [5.41, 5.74) is 8.35. The number of allylic oxidation sites excluding steroid dienone is 1. The topological polar surface area (TPSA) is 50.9 Å². The molecule has 2 rings (SSSR count). The molecule has 17 heavy (non-hydrogen) atoms. The lowest BCUT2D eigenvalue weighted by Gasteiger charge is -2.14. The van der Waals surface area contributed by atoms with Crippen LogP contribution in [0, 0.1) is 0 Å². The summed E-state index contributed by atoms with van der Waals surface area (Å²) in [6.45, 7) is 1.49.